The van der Waals surface area contributed by atoms with Crippen molar-refractivity contribution in [2.24, 2.45) is 0 Å². The fraction of sp³-hybridized carbons (Fsp3) is 0.632. The van der Waals surface area contributed by atoms with Crippen molar-refractivity contribution >= 4 is 5.70 Å². The highest BCUT2D eigenvalue weighted by Crippen LogP contribution is 2.27. The number of nitrogens with zero attached hydrogens (tertiary/aromatic N) is 3. The number of pyridine rings is 1. The van der Waals surface area contributed by atoms with Gasteiger partial charge in [0.15, 0.2) is 0 Å². The zero-order chi connectivity index (χ0) is 15.4. The maximum absolute atomic E-state index is 4.58. The van der Waals surface area contributed by atoms with E-state index in [1.54, 1.807) is 0 Å². The predicted molar refractivity (Wildman–Crippen MR) is 92.7 cm³/mol. The molecule has 0 aromatic carbocycles. The molecule has 1 aromatic rings. The molecule has 0 bridgehead atoms. The minimum absolute atomic E-state index is 0.864. The fourth-order valence-corrected chi connectivity index (χ4v) is 3.51. The first kappa shape index (κ1) is 15.5. The SMILES string of the molecule is C=C(c1ccc(CCC)nc1)N1CCCN(C2CCC2)CC1. The molecule has 1 saturated carbocycles. The average molecular weight is 299 g/mol. The number of rotatable bonds is 5. The molecule has 2 aliphatic rings. The third-order valence-corrected chi connectivity index (χ3v) is 5.17. The first-order valence-electron chi connectivity index (χ1n) is 8.91. The topological polar surface area (TPSA) is 19.4 Å². The fourth-order valence-electron chi connectivity index (χ4n) is 3.51. The van der Waals surface area contributed by atoms with Gasteiger partial charge in [-0.15, -0.1) is 0 Å². The molecular weight excluding hydrogens is 270 g/mol. The summed E-state index contributed by atoms with van der Waals surface area (Å²) in [4.78, 5) is 9.72. The smallest absolute Gasteiger partial charge is 0.0404 e. The Kier molecular flexibility index (Phi) is 5.14. The highest BCUT2D eigenvalue weighted by molar-refractivity contribution is 5.61. The molecule has 3 heteroatoms. The van der Waals surface area contributed by atoms with E-state index in [4.69, 9.17) is 0 Å². The van der Waals surface area contributed by atoms with Crippen molar-refractivity contribution in [3.8, 4) is 0 Å². The Morgan fingerprint density at radius 3 is 2.68 bits per heavy atom. The standard InChI is InChI=1S/C19H29N3/c1-3-6-18-10-9-17(15-20-18)16(2)21-11-5-12-22(14-13-21)19-7-4-8-19/h9-10,15,19H,2-8,11-14H2,1H3. The van der Waals surface area contributed by atoms with Crippen molar-refractivity contribution in [2.75, 3.05) is 26.2 Å². The molecule has 1 aromatic heterocycles. The van der Waals surface area contributed by atoms with Gasteiger partial charge < -0.3 is 4.90 Å². The van der Waals surface area contributed by atoms with Gasteiger partial charge >= 0.3 is 0 Å². The summed E-state index contributed by atoms with van der Waals surface area (Å²) in [5.41, 5.74) is 3.51. The Labute approximate surface area is 135 Å². The summed E-state index contributed by atoms with van der Waals surface area (Å²) in [7, 11) is 0. The van der Waals surface area contributed by atoms with E-state index in [0.29, 0.717) is 0 Å². The van der Waals surface area contributed by atoms with Crippen molar-refractivity contribution in [3.63, 3.8) is 0 Å². The van der Waals surface area contributed by atoms with Gasteiger partial charge in [-0.05, 0) is 37.8 Å². The quantitative estimate of drug-likeness (QED) is 0.828. The summed E-state index contributed by atoms with van der Waals surface area (Å²) in [6.45, 7) is 11.2. The molecule has 1 aliphatic carbocycles. The van der Waals surface area contributed by atoms with Crippen LogP contribution in [0.2, 0.25) is 0 Å². The molecule has 22 heavy (non-hydrogen) atoms. The molecule has 2 fully saturated rings. The van der Waals surface area contributed by atoms with Gasteiger partial charge in [0, 0.05) is 55.4 Å². The van der Waals surface area contributed by atoms with Crippen molar-refractivity contribution in [3.05, 3.63) is 36.2 Å². The highest BCUT2D eigenvalue weighted by Gasteiger charge is 2.26. The lowest BCUT2D eigenvalue weighted by Gasteiger charge is -2.36. The van der Waals surface area contributed by atoms with Gasteiger partial charge in [-0.3, -0.25) is 9.88 Å². The molecule has 0 N–H and O–H groups in total. The lowest BCUT2D eigenvalue weighted by Crippen LogP contribution is -2.42. The van der Waals surface area contributed by atoms with E-state index in [-0.39, 0.29) is 0 Å². The van der Waals surface area contributed by atoms with Gasteiger partial charge in [-0.2, -0.15) is 0 Å². The van der Waals surface area contributed by atoms with Crippen molar-refractivity contribution < 1.29 is 0 Å². The van der Waals surface area contributed by atoms with Crippen molar-refractivity contribution in [1.29, 1.82) is 0 Å². The van der Waals surface area contributed by atoms with E-state index in [9.17, 15) is 0 Å². The molecule has 1 aliphatic heterocycles. The Morgan fingerprint density at radius 1 is 1.18 bits per heavy atom. The van der Waals surface area contributed by atoms with Gasteiger partial charge in [0.05, 0.1) is 0 Å². The van der Waals surface area contributed by atoms with Crippen LogP contribution in [0.15, 0.2) is 24.9 Å². The summed E-state index contributed by atoms with van der Waals surface area (Å²) in [6, 6.07) is 5.21. The Morgan fingerprint density at radius 2 is 2.05 bits per heavy atom. The minimum atomic E-state index is 0.864. The number of hydrogen-bond acceptors (Lipinski definition) is 3. The average Bonchev–Trinajstić information content (AvgIpc) is 2.72. The van der Waals surface area contributed by atoms with Crippen LogP contribution in [0.25, 0.3) is 5.70 Å². The monoisotopic (exact) mass is 299 g/mol. The highest BCUT2D eigenvalue weighted by atomic mass is 15.2. The number of aromatic nitrogens is 1. The first-order chi connectivity index (χ1) is 10.8. The molecule has 0 unspecified atom stereocenters. The summed E-state index contributed by atoms with van der Waals surface area (Å²) in [5.74, 6) is 0. The Balaban J connectivity index is 1.59. The van der Waals surface area contributed by atoms with Crippen LogP contribution >= 0.6 is 0 Å². The third-order valence-electron chi connectivity index (χ3n) is 5.17. The lowest BCUT2D eigenvalue weighted by molar-refractivity contribution is 0.133. The third kappa shape index (κ3) is 3.52. The van der Waals surface area contributed by atoms with Crippen LogP contribution in [0.1, 0.15) is 50.3 Å². The molecule has 1 saturated heterocycles. The molecule has 0 amide bonds. The van der Waals surface area contributed by atoms with Crippen molar-refractivity contribution in [1.82, 2.24) is 14.8 Å². The maximum atomic E-state index is 4.58. The van der Waals surface area contributed by atoms with Gasteiger partial charge in [-0.25, -0.2) is 0 Å². The Hall–Kier alpha value is -1.35. The van der Waals surface area contributed by atoms with Gasteiger partial charge in [0.2, 0.25) is 0 Å². The van der Waals surface area contributed by atoms with Crippen molar-refractivity contribution in [2.45, 2.75) is 51.5 Å². The van der Waals surface area contributed by atoms with Crippen LogP contribution in [0.5, 0.6) is 0 Å². The molecule has 2 heterocycles. The van der Waals surface area contributed by atoms with Crippen LogP contribution in [-0.4, -0.2) is 47.0 Å². The molecular formula is C19H29N3. The first-order valence-corrected chi connectivity index (χ1v) is 8.91. The van der Waals surface area contributed by atoms with E-state index < -0.39 is 0 Å². The van der Waals surface area contributed by atoms with Crippen LogP contribution in [0.4, 0.5) is 0 Å². The molecule has 0 atom stereocenters. The zero-order valence-corrected chi connectivity index (χ0v) is 13.9. The van der Waals surface area contributed by atoms with E-state index in [1.165, 1.54) is 50.0 Å². The largest absolute Gasteiger partial charge is 0.370 e. The molecule has 3 nitrogen and oxygen atoms in total. The lowest BCUT2D eigenvalue weighted by atomic mass is 9.91. The van der Waals surface area contributed by atoms with Crippen LogP contribution in [0, 0.1) is 0 Å². The molecule has 0 radical (unpaired) electrons. The van der Waals surface area contributed by atoms with Crippen LogP contribution in [-0.2, 0) is 6.42 Å². The molecule has 3 rings (SSSR count). The summed E-state index contributed by atoms with van der Waals surface area (Å²) < 4.78 is 0. The van der Waals surface area contributed by atoms with Gasteiger partial charge in [0.1, 0.15) is 0 Å². The van der Waals surface area contributed by atoms with Crippen LogP contribution < -0.4 is 0 Å². The second-order valence-corrected chi connectivity index (χ2v) is 6.70. The Bertz CT molecular complexity index is 490. The normalized spacial score (nSPS) is 20.5. The maximum Gasteiger partial charge on any atom is 0.0404 e. The number of hydrogen-bond donors (Lipinski definition) is 0. The van der Waals surface area contributed by atoms with Gasteiger partial charge in [0.25, 0.3) is 0 Å². The second-order valence-electron chi connectivity index (χ2n) is 6.70. The minimum Gasteiger partial charge on any atom is -0.370 e. The summed E-state index contributed by atoms with van der Waals surface area (Å²) in [5, 5.41) is 0. The van der Waals surface area contributed by atoms with Gasteiger partial charge in [-0.1, -0.05) is 26.3 Å². The van der Waals surface area contributed by atoms with E-state index in [1.807, 2.05) is 6.20 Å². The predicted octanol–water partition coefficient (Wildman–Crippen LogP) is 3.57. The summed E-state index contributed by atoms with van der Waals surface area (Å²) in [6.07, 6.45) is 9.70. The molecule has 0 spiro atoms. The van der Waals surface area contributed by atoms with E-state index in [0.717, 1.165) is 37.7 Å². The zero-order valence-electron chi connectivity index (χ0n) is 13.9. The van der Waals surface area contributed by atoms with Crippen LogP contribution in [0.3, 0.4) is 0 Å². The second kappa shape index (κ2) is 7.28. The van der Waals surface area contributed by atoms with E-state index in [2.05, 4.69) is 40.4 Å². The summed E-state index contributed by atoms with van der Waals surface area (Å²) >= 11 is 0. The number of aryl methyl sites for hydroxylation is 1. The molecule has 120 valence electrons. The van der Waals surface area contributed by atoms with E-state index >= 15 is 0 Å².